The third-order valence-corrected chi connectivity index (χ3v) is 4.09. The van der Waals surface area contributed by atoms with Crippen molar-refractivity contribution in [3.8, 4) is 5.75 Å². The molecule has 2 heterocycles. The van der Waals surface area contributed by atoms with E-state index < -0.39 is 6.10 Å². The summed E-state index contributed by atoms with van der Waals surface area (Å²) in [6.07, 6.45) is 1.67. The first-order valence-corrected chi connectivity index (χ1v) is 8.13. The van der Waals surface area contributed by atoms with Crippen molar-refractivity contribution in [3.63, 3.8) is 0 Å². The molecule has 1 aliphatic heterocycles. The van der Waals surface area contributed by atoms with E-state index in [0.29, 0.717) is 30.4 Å². The maximum atomic E-state index is 12.9. The molecule has 2 aromatic rings. The predicted octanol–water partition coefficient (Wildman–Crippen LogP) is 3.42. The van der Waals surface area contributed by atoms with Crippen LogP contribution in [-0.4, -0.2) is 27.5 Å². The Morgan fingerprint density at radius 2 is 2.00 bits per heavy atom. The van der Waals surface area contributed by atoms with E-state index in [9.17, 15) is 9.18 Å². The molecule has 1 saturated heterocycles. The van der Waals surface area contributed by atoms with Gasteiger partial charge in [0.25, 0.3) is 5.89 Å². The van der Waals surface area contributed by atoms with Crippen LogP contribution in [0.3, 0.4) is 0 Å². The zero-order valence-corrected chi connectivity index (χ0v) is 13.7. The molecule has 0 spiro atoms. The normalized spacial score (nSPS) is 17.1. The molecule has 0 radical (unpaired) electrons. The van der Waals surface area contributed by atoms with Crippen molar-refractivity contribution in [2.75, 3.05) is 6.54 Å². The topological polar surface area (TPSA) is 68.5 Å². The Morgan fingerprint density at radius 1 is 1.29 bits per heavy atom. The van der Waals surface area contributed by atoms with Crippen LogP contribution in [0.15, 0.2) is 28.7 Å². The third-order valence-electron chi connectivity index (χ3n) is 4.09. The number of ether oxygens (including phenoxy) is 1. The first-order chi connectivity index (χ1) is 11.6. The number of hydrogen-bond acceptors (Lipinski definition) is 5. The summed E-state index contributed by atoms with van der Waals surface area (Å²) in [4.78, 5) is 13.7. The second kappa shape index (κ2) is 6.98. The Labute approximate surface area is 139 Å². The number of likely N-dealkylation sites (tertiary alicyclic amines) is 1. The van der Waals surface area contributed by atoms with Gasteiger partial charge in [0.2, 0.25) is 11.8 Å². The Hall–Kier alpha value is -2.44. The standard InChI is InChI=1S/C17H20FN3O3/c1-3-14(21-10-4-5-15(21)22)17-20-19-16(24-17)11(2)23-13-8-6-12(18)7-9-13/h6-9,11,14H,3-5,10H2,1-2H3/t11-,14+/m0/s1. The van der Waals surface area contributed by atoms with Crippen molar-refractivity contribution >= 4 is 5.91 Å². The lowest BCUT2D eigenvalue weighted by molar-refractivity contribution is -0.130. The summed E-state index contributed by atoms with van der Waals surface area (Å²) in [7, 11) is 0. The van der Waals surface area contributed by atoms with E-state index in [1.165, 1.54) is 12.1 Å². The van der Waals surface area contributed by atoms with Crippen LogP contribution in [0.1, 0.15) is 57.0 Å². The summed E-state index contributed by atoms with van der Waals surface area (Å²) in [5, 5.41) is 8.13. The number of benzene rings is 1. The van der Waals surface area contributed by atoms with Gasteiger partial charge < -0.3 is 14.1 Å². The van der Waals surface area contributed by atoms with Gasteiger partial charge in [-0.05, 0) is 44.0 Å². The molecule has 1 aliphatic rings. The molecule has 7 heteroatoms. The molecule has 3 rings (SSSR count). The van der Waals surface area contributed by atoms with Gasteiger partial charge in [0.05, 0.1) is 0 Å². The van der Waals surface area contributed by atoms with Crippen LogP contribution >= 0.6 is 0 Å². The highest BCUT2D eigenvalue weighted by Crippen LogP contribution is 2.29. The largest absolute Gasteiger partial charge is 0.481 e. The molecule has 0 bridgehead atoms. The minimum Gasteiger partial charge on any atom is -0.481 e. The van der Waals surface area contributed by atoms with Gasteiger partial charge in [0.15, 0.2) is 6.10 Å². The average Bonchev–Trinajstić information content (AvgIpc) is 3.21. The van der Waals surface area contributed by atoms with Crippen LogP contribution in [-0.2, 0) is 4.79 Å². The highest BCUT2D eigenvalue weighted by molar-refractivity contribution is 5.78. The molecular formula is C17H20FN3O3. The van der Waals surface area contributed by atoms with E-state index in [4.69, 9.17) is 9.15 Å². The lowest BCUT2D eigenvalue weighted by atomic mass is 10.2. The molecule has 1 fully saturated rings. The molecular weight excluding hydrogens is 313 g/mol. The van der Waals surface area contributed by atoms with Crippen LogP contribution in [0.25, 0.3) is 0 Å². The first-order valence-electron chi connectivity index (χ1n) is 8.13. The maximum Gasteiger partial charge on any atom is 0.256 e. The van der Waals surface area contributed by atoms with E-state index in [1.807, 2.05) is 6.92 Å². The zero-order valence-electron chi connectivity index (χ0n) is 13.7. The lowest BCUT2D eigenvalue weighted by Gasteiger charge is -2.23. The fraction of sp³-hybridized carbons (Fsp3) is 0.471. The van der Waals surface area contributed by atoms with Crippen LogP contribution in [0, 0.1) is 5.82 Å². The van der Waals surface area contributed by atoms with Crippen molar-refractivity contribution in [3.05, 3.63) is 41.9 Å². The highest BCUT2D eigenvalue weighted by atomic mass is 19.1. The molecule has 1 amide bonds. The number of rotatable bonds is 6. The average molecular weight is 333 g/mol. The number of nitrogens with zero attached hydrogens (tertiary/aromatic N) is 3. The second-order valence-corrected chi connectivity index (χ2v) is 5.81. The monoisotopic (exact) mass is 333 g/mol. The Kier molecular flexibility index (Phi) is 4.78. The van der Waals surface area contributed by atoms with Gasteiger partial charge in [-0.2, -0.15) is 0 Å². The molecule has 1 aromatic carbocycles. The van der Waals surface area contributed by atoms with Crippen LogP contribution in [0.2, 0.25) is 0 Å². The summed E-state index contributed by atoms with van der Waals surface area (Å²) in [6.45, 7) is 4.48. The smallest absolute Gasteiger partial charge is 0.256 e. The van der Waals surface area contributed by atoms with E-state index >= 15 is 0 Å². The Morgan fingerprint density at radius 3 is 2.62 bits per heavy atom. The summed E-state index contributed by atoms with van der Waals surface area (Å²) in [5.74, 6) is 1.08. The SMILES string of the molecule is CC[C@H](c1nnc([C@H](C)Oc2ccc(F)cc2)o1)N1CCCC1=O. The zero-order chi connectivity index (χ0) is 17.1. The number of aromatic nitrogens is 2. The highest BCUT2D eigenvalue weighted by Gasteiger charge is 2.32. The molecule has 0 saturated carbocycles. The Bertz CT molecular complexity index is 701. The Balaban J connectivity index is 1.71. The number of halogens is 1. The van der Waals surface area contributed by atoms with Gasteiger partial charge >= 0.3 is 0 Å². The van der Waals surface area contributed by atoms with Crippen molar-refractivity contribution in [1.29, 1.82) is 0 Å². The summed E-state index contributed by atoms with van der Waals surface area (Å²) >= 11 is 0. The van der Waals surface area contributed by atoms with E-state index in [2.05, 4.69) is 10.2 Å². The van der Waals surface area contributed by atoms with Gasteiger partial charge in [-0.3, -0.25) is 4.79 Å². The predicted molar refractivity (Wildman–Crippen MR) is 83.7 cm³/mol. The van der Waals surface area contributed by atoms with Crippen molar-refractivity contribution in [2.45, 2.75) is 45.3 Å². The van der Waals surface area contributed by atoms with Crippen LogP contribution < -0.4 is 4.74 Å². The van der Waals surface area contributed by atoms with Crippen molar-refractivity contribution < 1.29 is 18.3 Å². The molecule has 1 aromatic heterocycles. The van der Waals surface area contributed by atoms with Crippen LogP contribution in [0.5, 0.6) is 5.75 Å². The fourth-order valence-corrected chi connectivity index (χ4v) is 2.84. The minimum atomic E-state index is -0.469. The van der Waals surface area contributed by atoms with Crippen molar-refractivity contribution in [1.82, 2.24) is 15.1 Å². The second-order valence-electron chi connectivity index (χ2n) is 5.81. The fourth-order valence-electron chi connectivity index (χ4n) is 2.84. The number of carbonyl (C=O) groups is 1. The molecule has 0 N–H and O–H groups in total. The molecule has 128 valence electrons. The van der Waals surface area contributed by atoms with E-state index in [1.54, 1.807) is 24.0 Å². The minimum absolute atomic E-state index is 0.122. The molecule has 0 unspecified atom stereocenters. The van der Waals surface area contributed by atoms with Gasteiger partial charge in [-0.25, -0.2) is 4.39 Å². The molecule has 2 atom stereocenters. The number of amides is 1. The number of hydrogen-bond donors (Lipinski definition) is 0. The van der Waals surface area contributed by atoms with Gasteiger partial charge in [0, 0.05) is 13.0 Å². The molecule has 0 aliphatic carbocycles. The van der Waals surface area contributed by atoms with E-state index in [0.717, 1.165) is 13.0 Å². The first kappa shape index (κ1) is 16.4. The van der Waals surface area contributed by atoms with Crippen molar-refractivity contribution in [2.24, 2.45) is 0 Å². The van der Waals surface area contributed by atoms with Gasteiger partial charge in [-0.1, -0.05) is 6.92 Å². The van der Waals surface area contributed by atoms with Gasteiger partial charge in [0.1, 0.15) is 17.6 Å². The number of carbonyl (C=O) groups excluding carboxylic acids is 1. The maximum absolute atomic E-state index is 12.9. The summed E-state index contributed by atoms with van der Waals surface area (Å²) < 4.78 is 24.4. The van der Waals surface area contributed by atoms with Gasteiger partial charge in [-0.15, -0.1) is 10.2 Å². The molecule has 6 nitrogen and oxygen atoms in total. The van der Waals surface area contributed by atoms with Crippen LogP contribution in [0.4, 0.5) is 4.39 Å². The summed E-state index contributed by atoms with van der Waals surface area (Å²) in [6, 6.07) is 5.54. The molecule has 24 heavy (non-hydrogen) atoms. The van der Waals surface area contributed by atoms with E-state index in [-0.39, 0.29) is 17.8 Å². The quantitative estimate of drug-likeness (QED) is 0.810. The lowest BCUT2D eigenvalue weighted by Crippen LogP contribution is -2.29. The third kappa shape index (κ3) is 3.39. The summed E-state index contributed by atoms with van der Waals surface area (Å²) in [5.41, 5.74) is 0.